The van der Waals surface area contributed by atoms with Crippen LogP contribution in [0.1, 0.15) is 0 Å². The lowest BCUT2D eigenvalue weighted by molar-refractivity contribution is 0.208. The van der Waals surface area contributed by atoms with Crippen molar-refractivity contribution in [3.63, 3.8) is 0 Å². The van der Waals surface area contributed by atoms with Gasteiger partial charge in [0, 0.05) is 31.9 Å². The first-order valence-corrected chi connectivity index (χ1v) is 7.55. The first-order chi connectivity index (χ1) is 11.5. The predicted molar refractivity (Wildman–Crippen MR) is 85.6 cm³/mol. The van der Waals surface area contributed by atoms with E-state index in [4.69, 9.17) is 0 Å². The van der Waals surface area contributed by atoms with E-state index in [0.29, 0.717) is 31.9 Å². The van der Waals surface area contributed by atoms with Crippen molar-refractivity contribution in [3.8, 4) is 0 Å². The fraction of sp³-hybridized carbons (Fsp3) is 0.235. The van der Waals surface area contributed by atoms with Crippen molar-refractivity contribution in [2.24, 2.45) is 0 Å². The zero-order valence-electron chi connectivity index (χ0n) is 12.8. The van der Waals surface area contributed by atoms with Crippen LogP contribution in [-0.4, -0.2) is 37.1 Å². The molecule has 1 fully saturated rings. The van der Waals surface area contributed by atoms with Crippen molar-refractivity contribution in [2.75, 3.05) is 36.4 Å². The minimum atomic E-state index is -0.618. The van der Waals surface area contributed by atoms with Crippen molar-refractivity contribution >= 4 is 17.4 Å². The molecule has 24 heavy (non-hydrogen) atoms. The molecule has 0 bridgehead atoms. The molecule has 2 aromatic rings. The van der Waals surface area contributed by atoms with Gasteiger partial charge in [0.1, 0.15) is 23.1 Å². The van der Waals surface area contributed by atoms with Crippen LogP contribution in [0.2, 0.25) is 0 Å². The van der Waals surface area contributed by atoms with Crippen molar-refractivity contribution in [1.29, 1.82) is 0 Å². The van der Waals surface area contributed by atoms with E-state index in [0.717, 1.165) is 0 Å². The number of nitrogens with one attached hydrogen (secondary N) is 1. The van der Waals surface area contributed by atoms with Gasteiger partial charge in [-0.05, 0) is 30.3 Å². The third-order valence-corrected chi connectivity index (χ3v) is 3.90. The number of halogens is 3. The fourth-order valence-electron chi connectivity index (χ4n) is 2.69. The average molecular weight is 335 g/mol. The second-order valence-corrected chi connectivity index (χ2v) is 5.48. The van der Waals surface area contributed by atoms with Gasteiger partial charge in [0.2, 0.25) is 0 Å². The second-order valence-electron chi connectivity index (χ2n) is 5.48. The Bertz CT molecular complexity index is 725. The third kappa shape index (κ3) is 3.45. The standard InChI is InChI=1S/C17H16F3N3O/c18-12-3-1-4-13(11-12)21-17(24)23-9-7-22(8-10-23)16-14(19)5-2-6-15(16)20/h1-6,11H,7-10H2,(H,21,24). The number of carbonyl (C=O) groups excluding carboxylic acids is 1. The van der Waals surface area contributed by atoms with E-state index in [1.807, 2.05) is 0 Å². The van der Waals surface area contributed by atoms with Crippen LogP contribution in [0.5, 0.6) is 0 Å². The van der Waals surface area contributed by atoms with Gasteiger partial charge in [0.25, 0.3) is 0 Å². The Kier molecular flexibility index (Phi) is 4.59. The van der Waals surface area contributed by atoms with E-state index >= 15 is 0 Å². The number of carbonyl (C=O) groups is 1. The number of rotatable bonds is 2. The number of benzene rings is 2. The molecule has 0 spiro atoms. The van der Waals surface area contributed by atoms with Crippen LogP contribution in [0.4, 0.5) is 29.3 Å². The van der Waals surface area contributed by atoms with Crippen LogP contribution in [0.15, 0.2) is 42.5 Å². The van der Waals surface area contributed by atoms with Gasteiger partial charge in [0.15, 0.2) is 0 Å². The number of hydrogen-bond acceptors (Lipinski definition) is 2. The highest BCUT2D eigenvalue weighted by Crippen LogP contribution is 2.24. The zero-order valence-corrected chi connectivity index (χ0v) is 12.8. The molecule has 0 aromatic heterocycles. The lowest BCUT2D eigenvalue weighted by Gasteiger charge is -2.36. The summed E-state index contributed by atoms with van der Waals surface area (Å²) in [6.07, 6.45) is 0. The van der Waals surface area contributed by atoms with Crippen molar-refractivity contribution in [3.05, 3.63) is 59.9 Å². The van der Waals surface area contributed by atoms with Gasteiger partial charge in [-0.3, -0.25) is 0 Å². The van der Waals surface area contributed by atoms with E-state index in [-0.39, 0.29) is 11.7 Å². The minimum absolute atomic E-state index is 0.0670. The Morgan fingerprint density at radius 2 is 1.54 bits per heavy atom. The van der Waals surface area contributed by atoms with Gasteiger partial charge in [-0.25, -0.2) is 18.0 Å². The first-order valence-electron chi connectivity index (χ1n) is 7.55. The normalized spacial score (nSPS) is 14.6. The molecule has 1 saturated heterocycles. The molecule has 1 aliphatic heterocycles. The summed E-state index contributed by atoms with van der Waals surface area (Å²) >= 11 is 0. The highest BCUT2D eigenvalue weighted by molar-refractivity contribution is 5.89. The molecule has 0 unspecified atom stereocenters. The minimum Gasteiger partial charge on any atom is -0.363 e. The van der Waals surface area contributed by atoms with Gasteiger partial charge in [-0.2, -0.15) is 0 Å². The number of piperazine rings is 1. The molecule has 1 heterocycles. The van der Waals surface area contributed by atoms with Crippen molar-refractivity contribution in [1.82, 2.24) is 4.90 Å². The van der Waals surface area contributed by atoms with Gasteiger partial charge < -0.3 is 15.1 Å². The van der Waals surface area contributed by atoms with E-state index in [2.05, 4.69) is 5.32 Å². The van der Waals surface area contributed by atoms with E-state index in [1.165, 1.54) is 41.3 Å². The second kappa shape index (κ2) is 6.82. The molecule has 2 aromatic carbocycles. The van der Waals surface area contributed by atoms with Crippen LogP contribution >= 0.6 is 0 Å². The SMILES string of the molecule is O=C(Nc1cccc(F)c1)N1CCN(c2c(F)cccc2F)CC1. The Morgan fingerprint density at radius 3 is 2.17 bits per heavy atom. The third-order valence-electron chi connectivity index (χ3n) is 3.90. The van der Waals surface area contributed by atoms with E-state index in [1.54, 1.807) is 11.0 Å². The Morgan fingerprint density at radius 1 is 0.917 bits per heavy atom. The molecule has 1 N–H and O–H groups in total. The topological polar surface area (TPSA) is 35.6 Å². The molecule has 0 saturated carbocycles. The van der Waals surface area contributed by atoms with Crippen LogP contribution in [0.3, 0.4) is 0 Å². The Hall–Kier alpha value is -2.70. The fourth-order valence-corrected chi connectivity index (χ4v) is 2.69. The average Bonchev–Trinajstić information content (AvgIpc) is 2.55. The number of urea groups is 1. The molecule has 0 aliphatic carbocycles. The number of anilines is 2. The zero-order chi connectivity index (χ0) is 17.1. The molecule has 7 heteroatoms. The van der Waals surface area contributed by atoms with Crippen LogP contribution in [0, 0.1) is 17.5 Å². The lowest BCUT2D eigenvalue weighted by atomic mass is 10.2. The predicted octanol–water partition coefficient (Wildman–Crippen LogP) is 3.46. The van der Waals surface area contributed by atoms with Gasteiger partial charge in [-0.1, -0.05) is 12.1 Å². The van der Waals surface area contributed by atoms with Crippen molar-refractivity contribution < 1.29 is 18.0 Å². The van der Waals surface area contributed by atoms with Gasteiger partial charge >= 0.3 is 6.03 Å². The molecule has 1 aliphatic rings. The van der Waals surface area contributed by atoms with Crippen LogP contribution in [-0.2, 0) is 0 Å². The quantitative estimate of drug-likeness (QED) is 0.912. The first kappa shape index (κ1) is 16.2. The lowest BCUT2D eigenvalue weighted by Crippen LogP contribution is -2.50. The van der Waals surface area contributed by atoms with E-state index < -0.39 is 17.5 Å². The smallest absolute Gasteiger partial charge is 0.321 e. The Balaban J connectivity index is 1.61. The highest BCUT2D eigenvalue weighted by atomic mass is 19.1. The summed E-state index contributed by atoms with van der Waals surface area (Å²) in [6, 6.07) is 8.98. The maximum atomic E-state index is 13.8. The largest absolute Gasteiger partial charge is 0.363 e. The summed E-state index contributed by atoms with van der Waals surface area (Å²) in [5, 5.41) is 2.61. The summed E-state index contributed by atoms with van der Waals surface area (Å²) in [6.45, 7) is 1.26. The molecular formula is C17H16F3N3O. The number of para-hydroxylation sites is 1. The maximum Gasteiger partial charge on any atom is 0.321 e. The molecular weight excluding hydrogens is 319 g/mol. The molecule has 4 nitrogen and oxygen atoms in total. The van der Waals surface area contributed by atoms with Gasteiger partial charge in [-0.15, -0.1) is 0 Å². The summed E-state index contributed by atoms with van der Waals surface area (Å²) in [7, 11) is 0. The maximum absolute atomic E-state index is 13.8. The summed E-state index contributed by atoms with van der Waals surface area (Å²) in [5.74, 6) is -1.67. The summed E-state index contributed by atoms with van der Waals surface area (Å²) in [5.41, 5.74) is 0.297. The molecule has 0 radical (unpaired) electrons. The van der Waals surface area contributed by atoms with E-state index in [9.17, 15) is 18.0 Å². The molecule has 0 atom stereocenters. The molecule has 2 amide bonds. The molecule has 3 rings (SSSR count). The summed E-state index contributed by atoms with van der Waals surface area (Å²) < 4.78 is 40.7. The van der Waals surface area contributed by atoms with Crippen LogP contribution in [0.25, 0.3) is 0 Å². The number of hydrogen-bond donors (Lipinski definition) is 1. The molecule has 126 valence electrons. The Labute approximate surface area is 137 Å². The van der Waals surface area contributed by atoms with Crippen LogP contribution < -0.4 is 10.2 Å². The van der Waals surface area contributed by atoms with Crippen molar-refractivity contribution in [2.45, 2.75) is 0 Å². The van der Waals surface area contributed by atoms with Gasteiger partial charge in [0.05, 0.1) is 0 Å². The number of amides is 2. The monoisotopic (exact) mass is 335 g/mol. The number of nitrogens with zero attached hydrogens (tertiary/aromatic N) is 2. The summed E-state index contributed by atoms with van der Waals surface area (Å²) in [4.78, 5) is 15.3. The highest BCUT2D eigenvalue weighted by Gasteiger charge is 2.24.